The van der Waals surface area contributed by atoms with Gasteiger partial charge in [0, 0.05) is 7.11 Å². The van der Waals surface area contributed by atoms with Gasteiger partial charge in [-0.25, -0.2) is 0 Å². The number of hydrogen-bond donors (Lipinski definition) is 0. The number of carbonyl (C=O) groups is 1. The van der Waals surface area contributed by atoms with Crippen molar-refractivity contribution in [2.24, 2.45) is 34.5 Å². The number of esters is 1. The lowest BCUT2D eigenvalue weighted by molar-refractivity contribution is -0.160. The average Bonchev–Trinajstić information content (AvgIpc) is 2.75. The normalized spacial score (nSPS) is 27.7. The molecule has 4 atom stereocenters. The Hall–Kier alpha value is -0.570. The Bertz CT molecular complexity index is 367. The smallest absolute Gasteiger partial charge is 0.311 e. The molecule has 0 aliphatic heterocycles. The molecule has 4 unspecified atom stereocenters. The largest absolute Gasteiger partial charge is 0.438 e. The van der Waals surface area contributed by atoms with Crippen molar-refractivity contribution in [3.63, 3.8) is 0 Å². The number of ether oxygens (including phenoxy) is 2. The van der Waals surface area contributed by atoms with Crippen molar-refractivity contribution in [3.05, 3.63) is 0 Å². The number of carbonyl (C=O) groups excluding carboxylic acids is 1. The molecule has 0 aromatic rings. The van der Waals surface area contributed by atoms with Gasteiger partial charge in [0.25, 0.3) is 0 Å². The molecule has 0 aromatic carbocycles. The van der Waals surface area contributed by atoms with Gasteiger partial charge in [0.1, 0.15) is 0 Å². The quantitative estimate of drug-likeness (QED) is 0.517. The maximum absolute atomic E-state index is 12.2. The molecule has 1 fully saturated rings. The lowest BCUT2D eigenvalue weighted by Crippen LogP contribution is -2.39. The minimum Gasteiger partial charge on any atom is -0.438 e. The van der Waals surface area contributed by atoms with Crippen LogP contribution in [0, 0.1) is 34.5 Å². The molecule has 1 rings (SSSR count). The van der Waals surface area contributed by atoms with E-state index in [1.54, 1.807) is 7.11 Å². The molecule has 1 saturated carbocycles. The van der Waals surface area contributed by atoms with Crippen LogP contribution in [0.15, 0.2) is 0 Å². The first-order chi connectivity index (χ1) is 10.0. The molecular weight excluding hydrogens is 276 g/mol. The average molecular weight is 312 g/mol. The van der Waals surface area contributed by atoms with Gasteiger partial charge in [-0.2, -0.15) is 0 Å². The third kappa shape index (κ3) is 4.47. The third-order valence-electron chi connectivity index (χ3n) is 5.70. The van der Waals surface area contributed by atoms with E-state index >= 15 is 0 Å². The maximum atomic E-state index is 12.2. The maximum Gasteiger partial charge on any atom is 0.311 e. The van der Waals surface area contributed by atoms with Crippen molar-refractivity contribution in [2.75, 3.05) is 13.9 Å². The van der Waals surface area contributed by atoms with Crippen LogP contribution in [0.3, 0.4) is 0 Å². The van der Waals surface area contributed by atoms with Crippen molar-refractivity contribution < 1.29 is 14.3 Å². The summed E-state index contributed by atoms with van der Waals surface area (Å²) in [4.78, 5) is 12.2. The van der Waals surface area contributed by atoms with Gasteiger partial charge in [-0.1, -0.05) is 54.9 Å². The fourth-order valence-corrected chi connectivity index (χ4v) is 4.86. The monoisotopic (exact) mass is 312 g/mol. The van der Waals surface area contributed by atoms with E-state index in [2.05, 4.69) is 48.5 Å². The van der Waals surface area contributed by atoms with Crippen molar-refractivity contribution in [1.82, 2.24) is 0 Å². The van der Waals surface area contributed by atoms with E-state index in [0.29, 0.717) is 17.8 Å². The summed E-state index contributed by atoms with van der Waals surface area (Å²) in [6, 6.07) is 0. The molecule has 0 saturated heterocycles. The zero-order chi connectivity index (χ0) is 17.1. The standard InChI is InChI=1S/C19H36O3/c1-9-19(6,7)16(18(3,4)5)14-10-13(2)15(11-14)17(20)22-12-21-8/h13-16H,9-12H2,1-8H3. The van der Waals surface area contributed by atoms with E-state index in [-0.39, 0.29) is 29.5 Å². The van der Waals surface area contributed by atoms with Crippen LogP contribution in [-0.2, 0) is 14.3 Å². The minimum absolute atomic E-state index is 0.0256. The molecule has 1 aliphatic rings. The molecule has 0 radical (unpaired) electrons. The SMILES string of the molecule is CCC(C)(C)C(C1CC(C)C(C(=O)OCOC)C1)C(C)(C)C. The van der Waals surface area contributed by atoms with E-state index in [0.717, 1.165) is 12.8 Å². The molecular formula is C19H36O3. The highest BCUT2D eigenvalue weighted by molar-refractivity contribution is 5.73. The molecule has 0 spiro atoms. The summed E-state index contributed by atoms with van der Waals surface area (Å²) in [6.07, 6.45) is 3.24. The van der Waals surface area contributed by atoms with Crippen LogP contribution in [0.4, 0.5) is 0 Å². The summed E-state index contributed by atoms with van der Waals surface area (Å²) in [5.41, 5.74) is 0.531. The summed E-state index contributed by atoms with van der Waals surface area (Å²) >= 11 is 0. The molecule has 0 bridgehead atoms. The van der Waals surface area contributed by atoms with E-state index < -0.39 is 0 Å². The second-order valence-electron chi connectivity index (χ2n) is 8.87. The lowest BCUT2D eigenvalue weighted by atomic mass is 9.59. The highest BCUT2D eigenvalue weighted by Crippen LogP contribution is 2.53. The van der Waals surface area contributed by atoms with Crippen molar-refractivity contribution >= 4 is 5.97 Å². The minimum atomic E-state index is -0.0844. The second-order valence-corrected chi connectivity index (χ2v) is 8.87. The van der Waals surface area contributed by atoms with Crippen molar-refractivity contribution in [1.29, 1.82) is 0 Å². The van der Waals surface area contributed by atoms with E-state index in [1.165, 1.54) is 6.42 Å². The van der Waals surface area contributed by atoms with Gasteiger partial charge in [-0.15, -0.1) is 0 Å². The lowest BCUT2D eigenvalue weighted by Gasteiger charge is -2.46. The van der Waals surface area contributed by atoms with Crippen LogP contribution < -0.4 is 0 Å². The van der Waals surface area contributed by atoms with Crippen LogP contribution >= 0.6 is 0 Å². The Balaban J connectivity index is 2.90. The Morgan fingerprint density at radius 2 is 1.77 bits per heavy atom. The first-order valence-corrected chi connectivity index (χ1v) is 8.70. The summed E-state index contributed by atoms with van der Waals surface area (Å²) in [5, 5.41) is 0. The summed E-state index contributed by atoms with van der Waals surface area (Å²) in [6.45, 7) is 16.3. The Kier molecular flexibility index (Phi) is 6.49. The third-order valence-corrected chi connectivity index (χ3v) is 5.70. The van der Waals surface area contributed by atoms with Crippen LogP contribution in [0.25, 0.3) is 0 Å². The van der Waals surface area contributed by atoms with Gasteiger partial charge >= 0.3 is 5.97 Å². The van der Waals surface area contributed by atoms with Gasteiger partial charge in [0.15, 0.2) is 6.79 Å². The molecule has 0 heterocycles. The molecule has 130 valence electrons. The van der Waals surface area contributed by atoms with Crippen LogP contribution in [-0.4, -0.2) is 19.9 Å². The first kappa shape index (κ1) is 19.5. The van der Waals surface area contributed by atoms with Crippen LogP contribution in [0.5, 0.6) is 0 Å². The van der Waals surface area contributed by atoms with Crippen LogP contribution in [0.1, 0.15) is 67.7 Å². The summed E-state index contributed by atoms with van der Waals surface area (Å²) in [7, 11) is 1.55. The fourth-order valence-electron chi connectivity index (χ4n) is 4.86. The molecule has 0 aromatic heterocycles. The summed E-state index contributed by atoms with van der Waals surface area (Å²) in [5.74, 6) is 1.53. The van der Waals surface area contributed by atoms with Gasteiger partial charge in [0.2, 0.25) is 0 Å². The van der Waals surface area contributed by atoms with Crippen molar-refractivity contribution in [2.45, 2.75) is 67.7 Å². The Labute approximate surface area is 137 Å². The second kappa shape index (κ2) is 7.33. The fraction of sp³-hybridized carbons (Fsp3) is 0.947. The molecule has 1 aliphatic carbocycles. The Morgan fingerprint density at radius 3 is 2.23 bits per heavy atom. The first-order valence-electron chi connectivity index (χ1n) is 8.70. The summed E-state index contributed by atoms with van der Waals surface area (Å²) < 4.78 is 10.1. The molecule has 3 nitrogen and oxygen atoms in total. The highest BCUT2D eigenvalue weighted by Gasteiger charge is 2.48. The number of rotatable bonds is 6. The predicted octanol–water partition coefficient (Wildman–Crippen LogP) is 4.89. The number of hydrogen-bond acceptors (Lipinski definition) is 3. The van der Waals surface area contributed by atoms with Gasteiger partial charge in [-0.3, -0.25) is 4.79 Å². The van der Waals surface area contributed by atoms with Crippen LogP contribution in [0.2, 0.25) is 0 Å². The topological polar surface area (TPSA) is 35.5 Å². The number of methoxy groups -OCH3 is 1. The van der Waals surface area contributed by atoms with Gasteiger partial charge in [0.05, 0.1) is 5.92 Å². The van der Waals surface area contributed by atoms with Gasteiger partial charge < -0.3 is 9.47 Å². The van der Waals surface area contributed by atoms with Gasteiger partial charge in [-0.05, 0) is 41.4 Å². The van der Waals surface area contributed by atoms with E-state index in [1.807, 2.05) is 0 Å². The van der Waals surface area contributed by atoms with E-state index in [4.69, 9.17) is 9.47 Å². The zero-order valence-electron chi connectivity index (χ0n) is 15.9. The zero-order valence-corrected chi connectivity index (χ0v) is 15.9. The predicted molar refractivity (Wildman–Crippen MR) is 90.4 cm³/mol. The highest BCUT2D eigenvalue weighted by atomic mass is 16.7. The molecule has 0 amide bonds. The van der Waals surface area contributed by atoms with E-state index in [9.17, 15) is 4.79 Å². The van der Waals surface area contributed by atoms with Crippen molar-refractivity contribution in [3.8, 4) is 0 Å². The Morgan fingerprint density at radius 1 is 1.18 bits per heavy atom. The molecule has 22 heavy (non-hydrogen) atoms. The molecule has 0 N–H and O–H groups in total. The molecule has 3 heteroatoms.